The fourth-order valence-corrected chi connectivity index (χ4v) is 3.14. The van der Waals surface area contributed by atoms with E-state index in [1.807, 2.05) is 30.3 Å². The summed E-state index contributed by atoms with van der Waals surface area (Å²) in [5, 5.41) is 0. The van der Waals surface area contributed by atoms with Gasteiger partial charge in [0.1, 0.15) is 12.6 Å². The van der Waals surface area contributed by atoms with E-state index < -0.39 is 17.2 Å². The van der Waals surface area contributed by atoms with Crippen LogP contribution in [0, 0.1) is 0 Å². The Balaban J connectivity index is 1.74. The fraction of sp³-hybridized carbons (Fsp3) is 0.421. The lowest BCUT2D eigenvalue weighted by Gasteiger charge is -2.21. The van der Waals surface area contributed by atoms with Gasteiger partial charge in [-0.2, -0.15) is 0 Å². The van der Waals surface area contributed by atoms with E-state index in [0.29, 0.717) is 6.54 Å². The number of hydrogen-bond donors (Lipinski definition) is 0. The smallest absolute Gasteiger partial charge is 0.331 e. The molecule has 132 valence electrons. The van der Waals surface area contributed by atoms with Gasteiger partial charge >= 0.3 is 11.7 Å². The number of hydrogen-bond acceptors (Lipinski definition) is 4. The molecular weight excluding hydrogens is 320 g/mol. The van der Waals surface area contributed by atoms with Gasteiger partial charge in [-0.05, 0) is 31.2 Å². The van der Waals surface area contributed by atoms with Crippen molar-refractivity contribution in [2.75, 3.05) is 0 Å². The monoisotopic (exact) mass is 342 g/mol. The van der Waals surface area contributed by atoms with Gasteiger partial charge in [0.05, 0.1) is 6.54 Å². The second-order valence-corrected chi connectivity index (χ2v) is 6.39. The number of benzene rings is 1. The van der Waals surface area contributed by atoms with Crippen molar-refractivity contribution in [2.45, 2.75) is 51.3 Å². The van der Waals surface area contributed by atoms with Crippen molar-refractivity contribution < 1.29 is 9.53 Å². The summed E-state index contributed by atoms with van der Waals surface area (Å²) in [5.74, 6) is -0.524. The minimum Gasteiger partial charge on any atom is -0.461 e. The molecule has 1 aromatic heterocycles. The van der Waals surface area contributed by atoms with Gasteiger partial charge in [0, 0.05) is 12.3 Å². The Labute approximate surface area is 145 Å². The van der Waals surface area contributed by atoms with Gasteiger partial charge in [0.2, 0.25) is 0 Å². The maximum absolute atomic E-state index is 12.5. The van der Waals surface area contributed by atoms with E-state index in [4.69, 9.17) is 4.74 Å². The Hall–Kier alpha value is -2.63. The van der Waals surface area contributed by atoms with Gasteiger partial charge in [-0.25, -0.2) is 9.36 Å². The van der Waals surface area contributed by atoms with Crippen molar-refractivity contribution in [1.29, 1.82) is 0 Å². The summed E-state index contributed by atoms with van der Waals surface area (Å²) in [6, 6.07) is 10.8. The zero-order chi connectivity index (χ0) is 17.6. The molecule has 1 fully saturated rings. The predicted molar refractivity (Wildman–Crippen MR) is 93.5 cm³/mol. The van der Waals surface area contributed by atoms with Gasteiger partial charge in [-0.1, -0.05) is 36.8 Å². The Morgan fingerprint density at radius 1 is 1.04 bits per heavy atom. The summed E-state index contributed by atoms with van der Waals surface area (Å²) in [6.07, 6.45) is 6.34. The summed E-state index contributed by atoms with van der Waals surface area (Å²) in [5.41, 5.74) is -0.0496. The first-order valence-electron chi connectivity index (χ1n) is 8.67. The summed E-state index contributed by atoms with van der Waals surface area (Å²) in [7, 11) is 0. The van der Waals surface area contributed by atoms with E-state index in [2.05, 4.69) is 0 Å². The van der Waals surface area contributed by atoms with Gasteiger partial charge in [0.25, 0.3) is 5.56 Å². The summed E-state index contributed by atoms with van der Waals surface area (Å²) in [4.78, 5) is 36.7. The Bertz CT molecular complexity index is 832. The molecule has 0 spiro atoms. The first-order valence-corrected chi connectivity index (χ1v) is 8.67. The highest BCUT2D eigenvalue weighted by atomic mass is 16.5. The molecule has 25 heavy (non-hydrogen) atoms. The maximum atomic E-state index is 12.5. The molecule has 0 atom stereocenters. The van der Waals surface area contributed by atoms with Gasteiger partial charge in [-0.15, -0.1) is 0 Å². The molecule has 1 aromatic carbocycles. The third-order valence-electron chi connectivity index (χ3n) is 4.47. The highest BCUT2D eigenvalue weighted by molar-refractivity contribution is 5.69. The Kier molecular flexibility index (Phi) is 5.48. The fourth-order valence-electron chi connectivity index (χ4n) is 3.14. The molecule has 1 saturated carbocycles. The van der Waals surface area contributed by atoms with Gasteiger partial charge in [-0.3, -0.25) is 14.2 Å². The van der Waals surface area contributed by atoms with Crippen molar-refractivity contribution in [3.05, 3.63) is 69.0 Å². The number of ether oxygens (including phenoxy) is 1. The van der Waals surface area contributed by atoms with E-state index in [-0.39, 0.29) is 12.6 Å². The molecule has 1 heterocycles. The quantitative estimate of drug-likeness (QED) is 0.779. The SMILES string of the molecule is O=C(Cn1c(=O)ccn(Cc2ccccc2)c1=O)OC1CCCCC1. The normalized spacial score (nSPS) is 15.0. The van der Waals surface area contributed by atoms with Gasteiger partial charge < -0.3 is 4.74 Å². The highest BCUT2D eigenvalue weighted by Crippen LogP contribution is 2.20. The largest absolute Gasteiger partial charge is 0.461 e. The molecule has 0 amide bonds. The summed E-state index contributed by atoms with van der Waals surface area (Å²) < 4.78 is 7.78. The third-order valence-corrected chi connectivity index (χ3v) is 4.47. The molecule has 3 rings (SSSR count). The molecule has 0 aliphatic heterocycles. The number of aromatic nitrogens is 2. The van der Waals surface area contributed by atoms with Crippen LogP contribution in [-0.4, -0.2) is 21.2 Å². The lowest BCUT2D eigenvalue weighted by molar-refractivity contribution is -0.151. The molecule has 1 aliphatic carbocycles. The number of carbonyl (C=O) groups is 1. The van der Waals surface area contributed by atoms with Crippen LogP contribution < -0.4 is 11.2 Å². The van der Waals surface area contributed by atoms with Crippen molar-refractivity contribution in [1.82, 2.24) is 9.13 Å². The first kappa shape index (κ1) is 17.2. The summed E-state index contributed by atoms with van der Waals surface area (Å²) >= 11 is 0. The van der Waals surface area contributed by atoms with Crippen LogP contribution in [0.15, 0.2) is 52.2 Å². The molecule has 0 radical (unpaired) electrons. The molecule has 2 aromatic rings. The maximum Gasteiger partial charge on any atom is 0.331 e. The highest BCUT2D eigenvalue weighted by Gasteiger charge is 2.19. The standard InChI is InChI=1S/C19H22N2O4/c22-17-11-12-20(13-15-7-3-1-4-8-15)19(24)21(17)14-18(23)25-16-9-5-2-6-10-16/h1,3-4,7-8,11-12,16H,2,5-6,9-10,13-14H2. The van der Waals surface area contributed by atoms with Crippen LogP contribution in [0.4, 0.5) is 0 Å². The number of nitrogens with zero attached hydrogens (tertiary/aromatic N) is 2. The average Bonchev–Trinajstić information content (AvgIpc) is 2.63. The van der Waals surface area contributed by atoms with E-state index in [1.54, 1.807) is 0 Å². The van der Waals surface area contributed by atoms with E-state index in [1.165, 1.54) is 16.8 Å². The Morgan fingerprint density at radius 3 is 2.48 bits per heavy atom. The third kappa shape index (κ3) is 4.47. The van der Waals surface area contributed by atoms with Crippen LogP contribution in [0.1, 0.15) is 37.7 Å². The summed E-state index contributed by atoms with van der Waals surface area (Å²) in [6.45, 7) is 0.00141. The number of esters is 1. The second-order valence-electron chi connectivity index (χ2n) is 6.39. The number of rotatable bonds is 5. The molecule has 6 nitrogen and oxygen atoms in total. The van der Waals surface area contributed by atoms with Crippen molar-refractivity contribution in [2.24, 2.45) is 0 Å². The minimum absolute atomic E-state index is 0.0905. The second kappa shape index (κ2) is 7.96. The van der Waals surface area contributed by atoms with E-state index in [0.717, 1.165) is 42.2 Å². The van der Waals surface area contributed by atoms with Crippen LogP contribution in [0.5, 0.6) is 0 Å². The lowest BCUT2D eigenvalue weighted by Crippen LogP contribution is -2.41. The zero-order valence-corrected chi connectivity index (χ0v) is 14.1. The van der Waals surface area contributed by atoms with Crippen LogP contribution in [0.3, 0.4) is 0 Å². The molecular formula is C19H22N2O4. The van der Waals surface area contributed by atoms with E-state index >= 15 is 0 Å². The molecule has 6 heteroatoms. The van der Waals surface area contributed by atoms with Crippen molar-refractivity contribution in [3.63, 3.8) is 0 Å². The van der Waals surface area contributed by atoms with E-state index in [9.17, 15) is 14.4 Å². The molecule has 0 N–H and O–H groups in total. The topological polar surface area (TPSA) is 70.3 Å². The van der Waals surface area contributed by atoms with Gasteiger partial charge in [0.15, 0.2) is 0 Å². The predicted octanol–water partition coefficient (Wildman–Crippen LogP) is 1.93. The first-order chi connectivity index (χ1) is 12.1. The van der Waals surface area contributed by atoms with Crippen molar-refractivity contribution in [3.8, 4) is 0 Å². The lowest BCUT2D eigenvalue weighted by atomic mass is 9.98. The van der Waals surface area contributed by atoms with Crippen LogP contribution >= 0.6 is 0 Å². The van der Waals surface area contributed by atoms with Crippen LogP contribution in [0.25, 0.3) is 0 Å². The number of carbonyl (C=O) groups excluding carboxylic acids is 1. The van der Waals surface area contributed by atoms with Crippen LogP contribution in [0.2, 0.25) is 0 Å². The minimum atomic E-state index is -0.524. The Morgan fingerprint density at radius 2 is 1.76 bits per heavy atom. The average molecular weight is 342 g/mol. The molecule has 0 saturated heterocycles. The van der Waals surface area contributed by atoms with Crippen LogP contribution in [-0.2, 0) is 22.6 Å². The van der Waals surface area contributed by atoms with Crippen molar-refractivity contribution >= 4 is 5.97 Å². The molecule has 1 aliphatic rings. The molecule has 0 bridgehead atoms. The molecule has 0 unspecified atom stereocenters. The zero-order valence-electron chi connectivity index (χ0n) is 14.1.